The summed E-state index contributed by atoms with van der Waals surface area (Å²) < 4.78 is 5.34. The van der Waals surface area contributed by atoms with Crippen LogP contribution in [0.2, 0.25) is 0 Å². The van der Waals surface area contributed by atoms with Gasteiger partial charge in [0.25, 0.3) is 5.91 Å². The van der Waals surface area contributed by atoms with Gasteiger partial charge in [0.05, 0.1) is 0 Å². The quantitative estimate of drug-likeness (QED) is 0.830. The van der Waals surface area contributed by atoms with Gasteiger partial charge in [0.2, 0.25) is 0 Å². The van der Waals surface area contributed by atoms with Crippen molar-refractivity contribution in [1.29, 1.82) is 0 Å². The molecule has 0 radical (unpaired) electrons. The molecule has 1 aliphatic heterocycles. The Morgan fingerprint density at radius 2 is 2.41 bits per heavy atom. The Morgan fingerprint density at radius 1 is 1.53 bits per heavy atom. The van der Waals surface area contributed by atoms with Crippen LogP contribution in [0.25, 0.3) is 0 Å². The van der Waals surface area contributed by atoms with E-state index >= 15 is 0 Å². The molecule has 1 aromatic carbocycles. The van der Waals surface area contributed by atoms with Crippen molar-refractivity contribution in [3.8, 4) is 0 Å². The fourth-order valence-electron chi connectivity index (χ4n) is 1.97. The van der Waals surface area contributed by atoms with Crippen LogP contribution in [0.1, 0.15) is 18.4 Å². The number of ether oxygens (including phenoxy) is 1. The zero-order valence-corrected chi connectivity index (χ0v) is 10.0. The molecule has 1 heterocycles. The van der Waals surface area contributed by atoms with Crippen LogP contribution in [-0.2, 0) is 16.1 Å². The molecule has 1 amide bonds. The number of hydrogen-bond donors (Lipinski definition) is 2. The van der Waals surface area contributed by atoms with Crippen LogP contribution in [0, 0.1) is 0 Å². The topological polar surface area (TPSA) is 50.4 Å². The Balaban J connectivity index is 1.97. The summed E-state index contributed by atoms with van der Waals surface area (Å²) in [6.07, 6.45) is 1.52. The number of rotatable bonds is 4. The summed E-state index contributed by atoms with van der Waals surface area (Å²) in [7, 11) is 1.90. The van der Waals surface area contributed by atoms with Crippen molar-refractivity contribution in [2.24, 2.45) is 0 Å². The number of hydrogen-bond acceptors (Lipinski definition) is 3. The minimum atomic E-state index is -0.275. The van der Waals surface area contributed by atoms with E-state index in [9.17, 15) is 4.79 Å². The Hall–Kier alpha value is -1.39. The fourth-order valence-corrected chi connectivity index (χ4v) is 1.97. The van der Waals surface area contributed by atoms with Gasteiger partial charge in [-0.2, -0.15) is 0 Å². The molecule has 0 aromatic heterocycles. The van der Waals surface area contributed by atoms with E-state index in [2.05, 4.69) is 10.6 Å². The molecule has 2 N–H and O–H groups in total. The van der Waals surface area contributed by atoms with Crippen LogP contribution in [0.3, 0.4) is 0 Å². The van der Waals surface area contributed by atoms with Gasteiger partial charge in [-0.15, -0.1) is 0 Å². The van der Waals surface area contributed by atoms with E-state index in [0.29, 0.717) is 6.61 Å². The molecule has 2 rings (SSSR count). The fraction of sp³-hybridized carbons (Fsp3) is 0.462. The summed E-state index contributed by atoms with van der Waals surface area (Å²) in [5, 5.41) is 5.97. The maximum absolute atomic E-state index is 11.8. The van der Waals surface area contributed by atoms with Crippen LogP contribution in [0.4, 0.5) is 5.69 Å². The number of nitrogens with one attached hydrogen (secondary N) is 2. The van der Waals surface area contributed by atoms with Gasteiger partial charge in [-0.1, -0.05) is 12.1 Å². The Labute approximate surface area is 101 Å². The van der Waals surface area contributed by atoms with Crippen molar-refractivity contribution in [2.75, 3.05) is 19.0 Å². The van der Waals surface area contributed by atoms with Crippen molar-refractivity contribution < 1.29 is 9.53 Å². The van der Waals surface area contributed by atoms with Crippen molar-refractivity contribution in [1.82, 2.24) is 5.32 Å². The van der Waals surface area contributed by atoms with Crippen LogP contribution in [-0.4, -0.2) is 25.7 Å². The molecule has 17 heavy (non-hydrogen) atoms. The largest absolute Gasteiger partial charge is 0.368 e. The van der Waals surface area contributed by atoms with Crippen LogP contribution < -0.4 is 10.6 Å². The Morgan fingerprint density at radius 3 is 3.12 bits per heavy atom. The zero-order chi connectivity index (χ0) is 12.1. The predicted molar refractivity (Wildman–Crippen MR) is 66.8 cm³/mol. The lowest BCUT2D eigenvalue weighted by Gasteiger charge is -2.11. The van der Waals surface area contributed by atoms with Gasteiger partial charge < -0.3 is 15.4 Å². The SMILES string of the molecule is CNCc1cccc(NC(=O)[C@H]2CCCO2)c1. The molecule has 0 bridgehead atoms. The third-order valence-electron chi connectivity index (χ3n) is 2.80. The Kier molecular flexibility index (Phi) is 4.12. The standard InChI is InChI=1S/C13H18N2O2/c1-14-9-10-4-2-5-11(8-10)15-13(16)12-6-3-7-17-12/h2,4-5,8,12,14H,3,6-7,9H2,1H3,(H,15,16)/t12-/m1/s1. The molecule has 0 spiro atoms. The molecule has 4 nitrogen and oxygen atoms in total. The van der Waals surface area contributed by atoms with Crippen LogP contribution >= 0.6 is 0 Å². The molecule has 0 unspecified atom stereocenters. The highest BCUT2D eigenvalue weighted by atomic mass is 16.5. The maximum atomic E-state index is 11.8. The highest BCUT2D eigenvalue weighted by Crippen LogP contribution is 2.16. The van der Waals surface area contributed by atoms with Crippen molar-refractivity contribution in [3.63, 3.8) is 0 Å². The van der Waals surface area contributed by atoms with Gasteiger partial charge in [0, 0.05) is 18.8 Å². The summed E-state index contributed by atoms with van der Waals surface area (Å²) in [4.78, 5) is 11.8. The van der Waals surface area contributed by atoms with E-state index in [4.69, 9.17) is 4.74 Å². The first-order valence-electron chi connectivity index (χ1n) is 5.95. The van der Waals surface area contributed by atoms with Crippen molar-refractivity contribution in [3.05, 3.63) is 29.8 Å². The first kappa shape index (κ1) is 12.1. The second kappa shape index (κ2) is 5.80. The van der Waals surface area contributed by atoms with Gasteiger partial charge >= 0.3 is 0 Å². The summed E-state index contributed by atoms with van der Waals surface area (Å²) in [6.45, 7) is 1.49. The molecule has 0 saturated carbocycles. The van der Waals surface area contributed by atoms with E-state index in [1.807, 2.05) is 31.3 Å². The highest BCUT2D eigenvalue weighted by Gasteiger charge is 2.23. The summed E-state index contributed by atoms with van der Waals surface area (Å²) in [5.74, 6) is -0.0379. The van der Waals surface area contributed by atoms with Crippen LogP contribution in [0.15, 0.2) is 24.3 Å². The van der Waals surface area contributed by atoms with Crippen LogP contribution in [0.5, 0.6) is 0 Å². The Bertz CT molecular complexity index is 387. The van der Waals surface area contributed by atoms with Gasteiger partial charge in [-0.3, -0.25) is 4.79 Å². The molecule has 1 fully saturated rings. The first-order chi connectivity index (χ1) is 8.29. The molecular formula is C13H18N2O2. The highest BCUT2D eigenvalue weighted by molar-refractivity contribution is 5.94. The molecule has 1 aromatic rings. The lowest BCUT2D eigenvalue weighted by molar-refractivity contribution is -0.124. The summed E-state index contributed by atoms with van der Waals surface area (Å²) in [5.41, 5.74) is 1.98. The number of carbonyl (C=O) groups is 1. The van der Waals surface area contributed by atoms with E-state index in [-0.39, 0.29) is 12.0 Å². The molecule has 1 aliphatic rings. The van der Waals surface area contributed by atoms with E-state index in [1.165, 1.54) is 0 Å². The smallest absolute Gasteiger partial charge is 0.253 e. The molecule has 4 heteroatoms. The van der Waals surface area contributed by atoms with Gasteiger partial charge in [0.15, 0.2) is 0 Å². The van der Waals surface area contributed by atoms with E-state index in [0.717, 1.165) is 30.6 Å². The van der Waals surface area contributed by atoms with Gasteiger partial charge in [-0.25, -0.2) is 0 Å². The second-order valence-electron chi connectivity index (χ2n) is 4.22. The minimum Gasteiger partial charge on any atom is -0.368 e. The number of amides is 1. The maximum Gasteiger partial charge on any atom is 0.253 e. The molecule has 1 atom stereocenters. The third-order valence-corrected chi connectivity index (χ3v) is 2.80. The average molecular weight is 234 g/mol. The number of anilines is 1. The molecular weight excluding hydrogens is 216 g/mol. The lowest BCUT2D eigenvalue weighted by Crippen LogP contribution is -2.26. The third kappa shape index (κ3) is 3.28. The number of carbonyl (C=O) groups excluding carboxylic acids is 1. The minimum absolute atomic E-state index is 0.0379. The zero-order valence-electron chi connectivity index (χ0n) is 10.0. The average Bonchev–Trinajstić information content (AvgIpc) is 2.83. The molecule has 1 saturated heterocycles. The molecule has 92 valence electrons. The number of benzene rings is 1. The van der Waals surface area contributed by atoms with Gasteiger partial charge in [0.1, 0.15) is 6.10 Å². The monoisotopic (exact) mass is 234 g/mol. The second-order valence-corrected chi connectivity index (χ2v) is 4.22. The van der Waals surface area contributed by atoms with Crippen molar-refractivity contribution in [2.45, 2.75) is 25.5 Å². The normalized spacial score (nSPS) is 19.2. The summed E-state index contributed by atoms with van der Waals surface area (Å²) >= 11 is 0. The van der Waals surface area contributed by atoms with Crippen molar-refractivity contribution >= 4 is 11.6 Å². The summed E-state index contributed by atoms with van der Waals surface area (Å²) in [6, 6.07) is 7.84. The molecule has 0 aliphatic carbocycles. The van der Waals surface area contributed by atoms with Gasteiger partial charge in [-0.05, 0) is 37.6 Å². The predicted octanol–water partition coefficient (Wildman–Crippen LogP) is 1.52. The van der Waals surface area contributed by atoms with E-state index < -0.39 is 0 Å². The first-order valence-corrected chi connectivity index (χ1v) is 5.95. The van der Waals surface area contributed by atoms with E-state index in [1.54, 1.807) is 0 Å². The lowest BCUT2D eigenvalue weighted by atomic mass is 10.2.